The lowest BCUT2D eigenvalue weighted by atomic mass is 10.2. The third kappa shape index (κ3) is 3.44. The quantitative estimate of drug-likeness (QED) is 0.882. The molecular formula is C17H18N2O3. The second-order valence-electron chi connectivity index (χ2n) is 4.75. The highest BCUT2D eigenvalue weighted by Gasteiger charge is 2.06. The van der Waals surface area contributed by atoms with Crippen LogP contribution in [0, 0.1) is 0 Å². The molecule has 1 N–H and O–H groups in total. The molecule has 2 rings (SSSR count). The van der Waals surface area contributed by atoms with E-state index in [9.17, 15) is 9.90 Å². The van der Waals surface area contributed by atoms with E-state index >= 15 is 0 Å². The molecule has 114 valence electrons. The van der Waals surface area contributed by atoms with E-state index in [0.717, 1.165) is 11.4 Å². The van der Waals surface area contributed by atoms with Crippen molar-refractivity contribution in [2.45, 2.75) is 6.92 Å². The number of hydrogen-bond acceptors (Lipinski definition) is 4. The zero-order valence-corrected chi connectivity index (χ0v) is 12.8. The van der Waals surface area contributed by atoms with E-state index < -0.39 is 0 Å². The summed E-state index contributed by atoms with van der Waals surface area (Å²) in [5.74, 6) is 0.432. The van der Waals surface area contributed by atoms with Gasteiger partial charge in [0, 0.05) is 31.4 Å². The SMILES string of the molecule is COc1cccc(C=Nc2ccc(N(C)C(C)=O)cc2)c1O. The molecule has 0 saturated carbocycles. The van der Waals surface area contributed by atoms with Crippen molar-refractivity contribution in [3.8, 4) is 11.5 Å². The molecule has 0 atom stereocenters. The molecule has 0 fully saturated rings. The lowest BCUT2D eigenvalue weighted by molar-refractivity contribution is -0.116. The van der Waals surface area contributed by atoms with Crippen LogP contribution in [0.2, 0.25) is 0 Å². The van der Waals surface area contributed by atoms with Crippen molar-refractivity contribution in [2.75, 3.05) is 19.1 Å². The molecule has 0 spiro atoms. The molecule has 0 aliphatic rings. The molecule has 0 aliphatic heterocycles. The summed E-state index contributed by atoms with van der Waals surface area (Å²) in [5, 5.41) is 9.98. The zero-order chi connectivity index (χ0) is 16.1. The van der Waals surface area contributed by atoms with Crippen molar-refractivity contribution in [2.24, 2.45) is 4.99 Å². The predicted molar refractivity (Wildman–Crippen MR) is 87.4 cm³/mol. The van der Waals surface area contributed by atoms with Crippen LogP contribution in [0.1, 0.15) is 12.5 Å². The number of carbonyl (C=O) groups excluding carboxylic acids is 1. The minimum absolute atomic E-state index is 0.0300. The Kier molecular flexibility index (Phi) is 4.78. The van der Waals surface area contributed by atoms with E-state index in [1.54, 1.807) is 36.4 Å². The largest absolute Gasteiger partial charge is 0.504 e. The van der Waals surface area contributed by atoms with Gasteiger partial charge in [-0.1, -0.05) is 6.07 Å². The van der Waals surface area contributed by atoms with Gasteiger partial charge in [-0.2, -0.15) is 0 Å². The number of para-hydroxylation sites is 1. The van der Waals surface area contributed by atoms with Gasteiger partial charge in [0.1, 0.15) is 0 Å². The van der Waals surface area contributed by atoms with Crippen molar-refractivity contribution in [3.05, 3.63) is 48.0 Å². The Morgan fingerprint density at radius 2 is 1.91 bits per heavy atom. The van der Waals surface area contributed by atoms with Crippen LogP contribution in [0.25, 0.3) is 0 Å². The molecule has 0 radical (unpaired) electrons. The molecule has 0 unspecified atom stereocenters. The number of nitrogens with zero attached hydrogens (tertiary/aromatic N) is 2. The summed E-state index contributed by atoms with van der Waals surface area (Å²) in [6.45, 7) is 1.51. The summed E-state index contributed by atoms with van der Waals surface area (Å²) in [5.41, 5.74) is 2.10. The van der Waals surface area contributed by atoms with Gasteiger partial charge in [-0.25, -0.2) is 0 Å². The smallest absolute Gasteiger partial charge is 0.223 e. The third-order valence-corrected chi connectivity index (χ3v) is 3.31. The molecule has 0 bridgehead atoms. The second-order valence-corrected chi connectivity index (χ2v) is 4.75. The highest BCUT2D eigenvalue weighted by atomic mass is 16.5. The highest BCUT2D eigenvalue weighted by molar-refractivity contribution is 5.91. The van der Waals surface area contributed by atoms with Crippen molar-refractivity contribution in [3.63, 3.8) is 0 Å². The number of methoxy groups -OCH3 is 1. The molecule has 0 saturated heterocycles. The maximum Gasteiger partial charge on any atom is 0.223 e. The average molecular weight is 298 g/mol. The number of phenolic OH excluding ortho intramolecular Hbond substituents is 1. The Bertz CT molecular complexity index is 694. The molecule has 1 amide bonds. The number of carbonyl (C=O) groups is 1. The van der Waals surface area contributed by atoms with Gasteiger partial charge in [-0.05, 0) is 36.4 Å². The monoisotopic (exact) mass is 298 g/mol. The van der Waals surface area contributed by atoms with Crippen molar-refractivity contribution in [1.29, 1.82) is 0 Å². The number of aliphatic imine (C=N–C) groups is 1. The number of rotatable bonds is 4. The summed E-state index contributed by atoms with van der Waals surface area (Å²) in [6.07, 6.45) is 1.57. The maximum absolute atomic E-state index is 11.3. The van der Waals surface area contributed by atoms with E-state index in [2.05, 4.69) is 4.99 Å². The number of aromatic hydroxyl groups is 1. The fourth-order valence-corrected chi connectivity index (χ4v) is 1.90. The van der Waals surface area contributed by atoms with E-state index in [0.29, 0.717) is 11.3 Å². The molecule has 5 heteroatoms. The first-order valence-electron chi connectivity index (χ1n) is 6.77. The molecule has 0 aliphatic carbocycles. The van der Waals surface area contributed by atoms with Gasteiger partial charge in [0.15, 0.2) is 11.5 Å². The van der Waals surface area contributed by atoms with Crippen LogP contribution in [0.5, 0.6) is 11.5 Å². The Morgan fingerprint density at radius 1 is 1.23 bits per heavy atom. The topological polar surface area (TPSA) is 62.1 Å². The third-order valence-electron chi connectivity index (χ3n) is 3.31. The summed E-state index contributed by atoms with van der Waals surface area (Å²) in [6, 6.07) is 12.5. The van der Waals surface area contributed by atoms with Crippen LogP contribution in [0.3, 0.4) is 0 Å². The normalized spacial score (nSPS) is 10.7. The van der Waals surface area contributed by atoms with Gasteiger partial charge in [-0.3, -0.25) is 9.79 Å². The molecule has 2 aromatic carbocycles. The summed E-state index contributed by atoms with van der Waals surface area (Å²) in [7, 11) is 3.22. The van der Waals surface area contributed by atoms with E-state index in [1.807, 2.05) is 24.3 Å². The predicted octanol–water partition coefficient (Wildman–Crippen LogP) is 3.13. The average Bonchev–Trinajstić information content (AvgIpc) is 2.53. The summed E-state index contributed by atoms with van der Waals surface area (Å²) in [4.78, 5) is 17.2. The standard InChI is InChI=1S/C17H18N2O3/c1-12(20)19(2)15-9-7-14(8-10-15)18-11-13-5-4-6-16(22-3)17(13)21/h4-11,21H,1-3H3. The lowest BCUT2D eigenvalue weighted by Crippen LogP contribution is -2.22. The molecular weight excluding hydrogens is 280 g/mol. The molecule has 22 heavy (non-hydrogen) atoms. The first-order valence-corrected chi connectivity index (χ1v) is 6.77. The van der Waals surface area contributed by atoms with Crippen molar-refractivity contribution in [1.82, 2.24) is 0 Å². The van der Waals surface area contributed by atoms with Crippen LogP contribution >= 0.6 is 0 Å². The van der Waals surface area contributed by atoms with Crippen LogP contribution in [-0.4, -0.2) is 31.4 Å². The van der Waals surface area contributed by atoms with E-state index in [4.69, 9.17) is 4.74 Å². The van der Waals surface area contributed by atoms with E-state index in [1.165, 1.54) is 14.0 Å². The molecule has 5 nitrogen and oxygen atoms in total. The van der Waals surface area contributed by atoms with Gasteiger partial charge >= 0.3 is 0 Å². The van der Waals surface area contributed by atoms with Crippen LogP contribution < -0.4 is 9.64 Å². The van der Waals surface area contributed by atoms with Crippen LogP contribution in [-0.2, 0) is 4.79 Å². The Hall–Kier alpha value is -2.82. The highest BCUT2D eigenvalue weighted by Crippen LogP contribution is 2.28. The maximum atomic E-state index is 11.3. The van der Waals surface area contributed by atoms with Crippen molar-refractivity contribution >= 4 is 23.5 Å². The number of phenols is 1. The fourth-order valence-electron chi connectivity index (χ4n) is 1.90. The van der Waals surface area contributed by atoms with Gasteiger partial charge < -0.3 is 14.7 Å². The molecule has 2 aromatic rings. The molecule has 0 aromatic heterocycles. The zero-order valence-electron chi connectivity index (χ0n) is 12.8. The number of hydrogen-bond donors (Lipinski definition) is 1. The molecule has 0 heterocycles. The Balaban J connectivity index is 2.19. The first-order chi connectivity index (χ1) is 10.5. The minimum Gasteiger partial charge on any atom is -0.504 e. The summed E-state index contributed by atoms with van der Waals surface area (Å²) < 4.78 is 5.05. The number of amides is 1. The van der Waals surface area contributed by atoms with Crippen LogP contribution in [0.15, 0.2) is 47.5 Å². The Morgan fingerprint density at radius 3 is 2.50 bits per heavy atom. The van der Waals surface area contributed by atoms with Gasteiger partial charge in [0.05, 0.1) is 12.8 Å². The van der Waals surface area contributed by atoms with Gasteiger partial charge in [0.2, 0.25) is 5.91 Å². The Labute approximate surface area is 129 Å². The van der Waals surface area contributed by atoms with Gasteiger partial charge in [-0.15, -0.1) is 0 Å². The minimum atomic E-state index is -0.0300. The number of anilines is 1. The fraction of sp³-hybridized carbons (Fsp3) is 0.176. The second kappa shape index (κ2) is 6.76. The van der Waals surface area contributed by atoms with E-state index in [-0.39, 0.29) is 11.7 Å². The van der Waals surface area contributed by atoms with Gasteiger partial charge in [0.25, 0.3) is 0 Å². The lowest BCUT2D eigenvalue weighted by Gasteiger charge is -2.14. The van der Waals surface area contributed by atoms with Crippen LogP contribution in [0.4, 0.5) is 11.4 Å². The summed E-state index contributed by atoms with van der Waals surface area (Å²) >= 11 is 0. The number of benzene rings is 2. The number of ether oxygens (including phenoxy) is 1. The first kappa shape index (κ1) is 15.6. The van der Waals surface area contributed by atoms with Crippen molar-refractivity contribution < 1.29 is 14.6 Å².